The molecule has 3 rings (SSSR count). The Labute approximate surface area is 168 Å². The first-order chi connectivity index (χ1) is 13.8. The predicted molar refractivity (Wildman–Crippen MR) is 104 cm³/mol. The Balaban J connectivity index is 1.79. The van der Waals surface area contributed by atoms with Crippen molar-refractivity contribution in [3.63, 3.8) is 0 Å². The fourth-order valence-electron chi connectivity index (χ4n) is 3.35. The number of imide groups is 1. The van der Waals surface area contributed by atoms with Crippen LogP contribution in [0.5, 0.6) is 0 Å². The predicted octanol–water partition coefficient (Wildman–Crippen LogP) is 1.07. The standard InChI is InChI=1S/C19H21FN4O4S/c20-15-8-4-5-9-16(15)29(27,28)24-12-10-23(11-13-24)17(18(25)22-19(21)26)14-6-2-1-3-7-14/h1-9,17H,10-13H2,(H3,21,22,25,26). The van der Waals surface area contributed by atoms with Gasteiger partial charge in [0.05, 0.1) is 0 Å². The van der Waals surface area contributed by atoms with Crippen molar-refractivity contribution >= 4 is 22.0 Å². The number of halogens is 1. The van der Waals surface area contributed by atoms with Crippen LogP contribution in [0.25, 0.3) is 0 Å². The lowest BCUT2D eigenvalue weighted by atomic mass is 10.0. The molecule has 0 radical (unpaired) electrons. The highest BCUT2D eigenvalue weighted by Crippen LogP contribution is 2.25. The molecular weight excluding hydrogens is 399 g/mol. The Bertz CT molecular complexity index is 992. The average molecular weight is 420 g/mol. The average Bonchev–Trinajstić information content (AvgIpc) is 2.69. The second kappa shape index (κ2) is 8.68. The molecule has 0 bridgehead atoms. The molecule has 1 saturated heterocycles. The number of benzene rings is 2. The molecular formula is C19H21FN4O4S. The third kappa shape index (κ3) is 4.61. The minimum atomic E-state index is -3.99. The molecule has 1 atom stereocenters. The van der Waals surface area contributed by atoms with Gasteiger partial charge in [0.2, 0.25) is 15.9 Å². The van der Waals surface area contributed by atoms with Crippen LogP contribution in [0.1, 0.15) is 11.6 Å². The van der Waals surface area contributed by atoms with E-state index in [9.17, 15) is 22.4 Å². The van der Waals surface area contributed by atoms with Crippen molar-refractivity contribution in [1.29, 1.82) is 0 Å². The first kappa shape index (κ1) is 20.9. The largest absolute Gasteiger partial charge is 0.351 e. The van der Waals surface area contributed by atoms with Gasteiger partial charge in [0.15, 0.2) is 0 Å². The number of sulfonamides is 1. The number of carbonyl (C=O) groups excluding carboxylic acids is 2. The number of rotatable bonds is 5. The maximum Gasteiger partial charge on any atom is 0.318 e. The second-order valence-electron chi connectivity index (χ2n) is 6.54. The summed E-state index contributed by atoms with van der Waals surface area (Å²) in [4.78, 5) is 25.1. The van der Waals surface area contributed by atoms with Crippen molar-refractivity contribution in [3.05, 3.63) is 66.0 Å². The first-order valence-electron chi connectivity index (χ1n) is 8.94. The number of amides is 3. The highest BCUT2D eigenvalue weighted by atomic mass is 32.2. The number of carbonyl (C=O) groups is 2. The summed E-state index contributed by atoms with van der Waals surface area (Å²) in [6.45, 7) is 0.590. The van der Waals surface area contributed by atoms with Gasteiger partial charge in [-0.05, 0) is 17.7 Å². The van der Waals surface area contributed by atoms with Crippen LogP contribution < -0.4 is 11.1 Å². The third-order valence-corrected chi connectivity index (χ3v) is 6.63. The van der Waals surface area contributed by atoms with Gasteiger partial charge in [-0.2, -0.15) is 4.31 Å². The van der Waals surface area contributed by atoms with Gasteiger partial charge in [-0.1, -0.05) is 42.5 Å². The maximum atomic E-state index is 14.0. The van der Waals surface area contributed by atoms with Gasteiger partial charge in [-0.15, -0.1) is 0 Å². The van der Waals surface area contributed by atoms with Crippen LogP contribution in [0.4, 0.5) is 9.18 Å². The van der Waals surface area contributed by atoms with Crippen molar-refractivity contribution in [1.82, 2.24) is 14.5 Å². The maximum absolute atomic E-state index is 14.0. The Kier molecular flexibility index (Phi) is 6.26. The van der Waals surface area contributed by atoms with Crippen molar-refractivity contribution < 1.29 is 22.4 Å². The summed E-state index contributed by atoms with van der Waals surface area (Å²) in [6, 6.07) is 12.3. The molecule has 0 aliphatic carbocycles. The fraction of sp³-hybridized carbons (Fsp3) is 0.263. The Morgan fingerprint density at radius 2 is 1.55 bits per heavy atom. The van der Waals surface area contributed by atoms with E-state index < -0.39 is 33.8 Å². The second-order valence-corrected chi connectivity index (χ2v) is 8.44. The molecule has 3 N–H and O–H groups in total. The molecule has 3 amide bonds. The van der Waals surface area contributed by atoms with Crippen LogP contribution in [0, 0.1) is 5.82 Å². The summed E-state index contributed by atoms with van der Waals surface area (Å²) in [6.07, 6.45) is 0. The summed E-state index contributed by atoms with van der Waals surface area (Å²) in [5.74, 6) is -1.40. The molecule has 0 aromatic heterocycles. The summed E-state index contributed by atoms with van der Waals surface area (Å²) < 4.78 is 40.7. The zero-order chi connectivity index (χ0) is 21.0. The van der Waals surface area contributed by atoms with E-state index in [1.807, 2.05) is 0 Å². The third-order valence-electron chi connectivity index (χ3n) is 4.70. The lowest BCUT2D eigenvalue weighted by Gasteiger charge is -2.38. The van der Waals surface area contributed by atoms with Crippen LogP contribution in [0.15, 0.2) is 59.5 Å². The number of piperazine rings is 1. The highest BCUT2D eigenvalue weighted by Gasteiger charge is 2.35. The van der Waals surface area contributed by atoms with Crippen LogP contribution in [-0.2, 0) is 14.8 Å². The molecule has 29 heavy (non-hydrogen) atoms. The normalized spacial score (nSPS) is 16.9. The Morgan fingerprint density at radius 1 is 0.966 bits per heavy atom. The van der Waals surface area contributed by atoms with Gasteiger partial charge in [0.1, 0.15) is 16.8 Å². The number of nitrogens with two attached hydrogens (primary N) is 1. The molecule has 1 unspecified atom stereocenters. The van der Waals surface area contributed by atoms with E-state index in [1.165, 1.54) is 22.5 Å². The van der Waals surface area contributed by atoms with Gasteiger partial charge < -0.3 is 5.73 Å². The van der Waals surface area contributed by atoms with Gasteiger partial charge in [0, 0.05) is 26.2 Å². The molecule has 2 aromatic rings. The van der Waals surface area contributed by atoms with E-state index in [0.717, 1.165) is 6.07 Å². The summed E-state index contributed by atoms with van der Waals surface area (Å²) >= 11 is 0. The molecule has 1 heterocycles. The number of urea groups is 1. The lowest BCUT2D eigenvalue weighted by molar-refractivity contribution is -0.126. The minimum absolute atomic E-state index is 0.0733. The zero-order valence-corrected chi connectivity index (χ0v) is 16.3. The van der Waals surface area contributed by atoms with Gasteiger partial charge in [0.25, 0.3) is 0 Å². The van der Waals surface area contributed by atoms with E-state index in [2.05, 4.69) is 5.32 Å². The Morgan fingerprint density at radius 3 is 2.14 bits per heavy atom. The topological polar surface area (TPSA) is 113 Å². The molecule has 154 valence electrons. The molecule has 1 aliphatic heterocycles. The number of hydrogen-bond acceptors (Lipinski definition) is 5. The van der Waals surface area contributed by atoms with Crippen LogP contribution >= 0.6 is 0 Å². The lowest BCUT2D eigenvalue weighted by Crippen LogP contribution is -2.53. The van der Waals surface area contributed by atoms with E-state index in [0.29, 0.717) is 5.56 Å². The molecule has 0 spiro atoms. The van der Waals surface area contributed by atoms with E-state index in [1.54, 1.807) is 35.2 Å². The quantitative estimate of drug-likeness (QED) is 0.751. The fourth-order valence-corrected chi connectivity index (χ4v) is 4.84. The number of primary amides is 1. The minimum Gasteiger partial charge on any atom is -0.351 e. The molecule has 10 heteroatoms. The molecule has 8 nitrogen and oxygen atoms in total. The van der Waals surface area contributed by atoms with E-state index in [-0.39, 0.29) is 31.1 Å². The number of nitrogens with one attached hydrogen (secondary N) is 1. The smallest absolute Gasteiger partial charge is 0.318 e. The van der Waals surface area contributed by atoms with E-state index >= 15 is 0 Å². The zero-order valence-electron chi connectivity index (χ0n) is 15.5. The number of nitrogens with zero attached hydrogens (tertiary/aromatic N) is 2. The molecule has 0 saturated carbocycles. The van der Waals surface area contributed by atoms with Crippen molar-refractivity contribution in [2.75, 3.05) is 26.2 Å². The van der Waals surface area contributed by atoms with Gasteiger partial charge in [-0.25, -0.2) is 17.6 Å². The summed E-state index contributed by atoms with van der Waals surface area (Å²) in [5.41, 5.74) is 5.73. The van der Waals surface area contributed by atoms with Crippen molar-refractivity contribution in [3.8, 4) is 0 Å². The molecule has 1 fully saturated rings. The SMILES string of the molecule is NC(=O)NC(=O)C(c1ccccc1)N1CCN(S(=O)(=O)c2ccccc2F)CC1. The van der Waals surface area contributed by atoms with E-state index in [4.69, 9.17) is 5.73 Å². The van der Waals surface area contributed by atoms with Crippen LogP contribution in [-0.4, -0.2) is 55.7 Å². The first-order valence-corrected chi connectivity index (χ1v) is 10.4. The number of hydrogen-bond donors (Lipinski definition) is 2. The van der Waals surface area contributed by atoms with Gasteiger partial charge in [-0.3, -0.25) is 15.0 Å². The molecule has 1 aliphatic rings. The molecule has 2 aromatic carbocycles. The Hall–Kier alpha value is -2.82. The summed E-state index contributed by atoms with van der Waals surface area (Å²) in [7, 11) is -3.99. The van der Waals surface area contributed by atoms with Crippen molar-refractivity contribution in [2.45, 2.75) is 10.9 Å². The highest BCUT2D eigenvalue weighted by molar-refractivity contribution is 7.89. The summed E-state index contributed by atoms with van der Waals surface area (Å²) in [5, 5.41) is 2.09. The van der Waals surface area contributed by atoms with Gasteiger partial charge >= 0.3 is 6.03 Å². The van der Waals surface area contributed by atoms with Crippen molar-refractivity contribution in [2.24, 2.45) is 5.73 Å². The monoisotopic (exact) mass is 420 g/mol. The van der Waals surface area contributed by atoms with Crippen LogP contribution in [0.2, 0.25) is 0 Å². The van der Waals surface area contributed by atoms with Crippen LogP contribution in [0.3, 0.4) is 0 Å².